The summed E-state index contributed by atoms with van der Waals surface area (Å²) in [6, 6.07) is 3.91. The van der Waals surface area contributed by atoms with Gasteiger partial charge in [0.15, 0.2) is 11.4 Å². The molecule has 6 rings (SSSR count). The van der Waals surface area contributed by atoms with Gasteiger partial charge in [-0.1, -0.05) is 19.3 Å². The van der Waals surface area contributed by atoms with Crippen molar-refractivity contribution in [1.82, 2.24) is 25.1 Å². The Morgan fingerprint density at radius 1 is 1.08 bits per heavy atom. The van der Waals surface area contributed by atoms with E-state index in [0.717, 1.165) is 36.4 Å². The first-order valence-electron chi connectivity index (χ1n) is 13.2. The number of amides is 2. The summed E-state index contributed by atoms with van der Waals surface area (Å²) in [6.45, 7) is 3.17. The summed E-state index contributed by atoms with van der Waals surface area (Å²) in [6.07, 6.45) is 12.3. The van der Waals surface area contributed by atoms with Crippen LogP contribution in [0.15, 0.2) is 35.2 Å². The SMILES string of the molecule is Cc1cc(-c2nc(C(=O)Nc3cn(C4CCOCC4)nc3C(=O)NC3CCC3C3CCC3)co2)ccn1. The quantitative estimate of drug-likeness (QED) is 0.495. The summed E-state index contributed by atoms with van der Waals surface area (Å²) < 4.78 is 12.8. The van der Waals surface area contributed by atoms with Gasteiger partial charge in [0.05, 0.1) is 11.7 Å². The normalized spacial score (nSPS) is 22.2. The lowest BCUT2D eigenvalue weighted by Gasteiger charge is -2.45. The Bertz CT molecular complexity index is 1290. The Kier molecular flexibility index (Phi) is 6.50. The van der Waals surface area contributed by atoms with Crippen molar-refractivity contribution in [2.45, 2.75) is 64.0 Å². The molecule has 37 heavy (non-hydrogen) atoms. The molecule has 2 saturated carbocycles. The molecular weight excluding hydrogens is 472 g/mol. The first-order valence-corrected chi connectivity index (χ1v) is 13.2. The standard InChI is InChI=1S/C27H32N6O4/c1-16-13-18(7-10-28-16)27-31-23(15-37-27)25(34)30-22-14-33(19-8-11-36-12-9-19)32-24(22)26(35)29-21-6-5-20(21)17-3-2-4-17/h7,10,13-15,17,19-21H,2-6,8-9,11-12H2,1H3,(H,29,35)(H,30,34). The summed E-state index contributed by atoms with van der Waals surface area (Å²) in [7, 11) is 0. The minimum Gasteiger partial charge on any atom is -0.444 e. The number of rotatable bonds is 7. The van der Waals surface area contributed by atoms with E-state index in [2.05, 4.69) is 25.7 Å². The third kappa shape index (κ3) is 4.90. The van der Waals surface area contributed by atoms with E-state index in [1.807, 2.05) is 13.0 Å². The van der Waals surface area contributed by atoms with Crippen molar-refractivity contribution in [2.24, 2.45) is 11.8 Å². The van der Waals surface area contributed by atoms with Gasteiger partial charge in [0.25, 0.3) is 11.8 Å². The smallest absolute Gasteiger partial charge is 0.277 e. The zero-order chi connectivity index (χ0) is 25.4. The number of anilines is 1. The monoisotopic (exact) mass is 504 g/mol. The molecule has 3 aromatic heterocycles. The average Bonchev–Trinajstić information content (AvgIpc) is 3.52. The van der Waals surface area contributed by atoms with Crippen LogP contribution in [0.4, 0.5) is 5.69 Å². The summed E-state index contributed by atoms with van der Waals surface area (Å²) in [5.41, 5.74) is 2.29. The van der Waals surface area contributed by atoms with E-state index >= 15 is 0 Å². The maximum absolute atomic E-state index is 13.4. The highest BCUT2D eigenvalue weighted by molar-refractivity contribution is 6.07. The van der Waals surface area contributed by atoms with Gasteiger partial charge in [0.1, 0.15) is 6.26 Å². The second-order valence-corrected chi connectivity index (χ2v) is 10.4. The van der Waals surface area contributed by atoms with Crippen molar-refractivity contribution >= 4 is 17.5 Å². The van der Waals surface area contributed by atoms with Crippen LogP contribution in [0.5, 0.6) is 0 Å². The van der Waals surface area contributed by atoms with Crippen molar-refractivity contribution in [3.63, 3.8) is 0 Å². The Morgan fingerprint density at radius 2 is 1.92 bits per heavy atom. The van der Waals surface area contributed by atoms with Crippen LogP contribution in [0.3, 0.4) is 0 Å². The Hall–Kier alpha value is -3.53. The molecule has 10 nitrogen and oxygen atoms in total. The minimum absolute atomic E-state index is 0.117. The molecule has 10 heteroatoms. The number of oxazole rings is 1. The van der Waals surface area contributed by atoms with Crippen LogP contribution in [-0.2, 0) is 4.74 Å². The van der Waals surface area contributed by atoms with E-state index in [0.29, 0.717) is 30.7 Å². The molecule has 2 aliphatic carbocycles. The Balaban J connectivity index is 1.21. The van der Waals surface area contributed by atoms with E-state index in [4.69, 9.17) is 9.15 Å². The lowest BCUT2D eigenvalue weighted by molar-refractivity contribution is 0.0639. The lowest BCUT2D eigenvalue weighted by atomic mass is 9.64. The summed E-state index contributed by atoms with van der Waals surface area (Å²) in [5.74, 6) is 0.904. The fraction of sp³-hybridized carbons (Fsp3) is 0.519. The van der Waals surface area contributed by atoms with Crippen LogP contribution in [0, 0.1) is 18.8 Å². The molecule has 3 aliphatic rings. The van der Waals surface area contributed by atoms with Gasteiger partial charge in [0, 0.05) is 42.9 Å². The van der Waals surface area contributed by atoms with Gasteiger partial charge >= 0.3 is 0 Å². The number of pyridine rings is 1. The van der Waals surface area contributed by atoms with Crippen LogP contribution in [-0.4, -0.2) is 50.8 Å². The fourth-order valence-corrected chi connectivity index (χ4v) is 5.54. The minimum atomic E-state index is -0.461. The molecule has 1 aliphatic heterocycles. The molecule has 2 amide bonds. The third-order valence-corrected chi connectivity index (χ3v) is 8.04. The first kappa shape index (κ1) is 23.8. The number of hydrogen-bond acceptors (Lipinski definition) is 7. The highest BCUT2D eigenvalue weighted by Gasteiger charge is 2.40. The maximum Gasteiger partial charge on any atom is 0.277 e. The zero-order valence-corrected chi connectivity index (χ0v) is 21.0. The highest BCUT2D eigenvalue weighted by atomic mass is 16.5. The number of ether oxygens (including phenoxy) is 1. The molecular formula is C27H32N6O4. The second kappa shape index (κ2) is 10.1. The van der Waals surface area contributed by atoms with Crippen molar-refractivity contribution in [3.8, 4) is 11.5 Å². The summed E-state index contributed by atoms with van der Waals surface area (Å²) in [4.78, 5) is 35.0. The predicted octanol–water partition coefficient (Wildman–Crippen LogP) is 4.15. The van der Waals surface area contributed by atoms with Crippen LogP contribution in [0.2, 0.25) is 0 Å². The zero-order valence-electron chi connectivity index (χ0n) is 21.0. The first-order chi connectivity index (χ1) is 18.0. The molecule has 0 radical (unpaired) electrons. The molecule has 0 spiro atoms. The van der Waals surface area contributed by atoms with Crippen molar-refractivity contribution in [1.29, 1.82) is 0 Å². The number of hydrogen-bond donors (Lipinski definition) is 2. The largest absolute Gasteiger partial charge is 0.444 e. The number of nitrogens with zero attached hydrogens (tertiary/aromatic N) is 4. The van der Waals surface area contributed by atoms with Crippen molar-refractivity contribution in [2.75, 3.05) is 18.5 Å². The summed E-state index contributed by atoms with van der Waals surface area (Å²) >= 11 is 0. The number of carbonyl (C=O) groups is 2. The van der Waals surface area contributed by atoms with E-state index in [1.165, 1.54) is 31.9 Å². The summed E-state index contributed by atoms with van der Waals surface area (Å²) in [5, 5.41) is 10.7. The van der Waals surface area contributed by atoms with Crippen molar-refractivity contribution in [3.05, 3.63) is 47.9 Å². The molecule has 0 aromatic carbocycles. The van der Waals surface area contributed by atoms with Gasteiger partial charge in [-0.05, 0) is 56.6 Å². The maximum atomic E-state index is 13.4. The fourth-order valence-electron chi connectivity index (χ4n) is 5.54. The molecule has 0 bridgehead atoms. The van der Waals surface area contributed by atoms with E-state index in [-0.39, 0.29) is 29.4 Å². The molecule has 2 atom stereocenters. The molecule has 3 fully saturated rings. The number of nitrogens with one attached hydrogen (secondary N) is 2. The van der Waals surface area contributed by atoms with Crippen LogP contribution < -0.4 is 10.6 Å². The van der Waals surface area contributed by atoms with Gasteiger partial charge in [-0.3, -0.25) is 19.3 Å². The van der Waals surface area contributed by atoms with Gasteiger partial charge < -0.3 is 19.8 Å². The highest BCUT2D eigenvalue weighted by Crippen LogP contribution is 2.44. The Morgan fingerprint density at radius 3 is 2.62 bits per heavy atom. The lowest BCUT2D eigenvalue weighted by Crippen LogP contribution is -2.51. The van der Waals surface area contributed by atoms with E-state index in [1.54, 1.807) is 23.1 Å². The molecule has 194 valence electrons. The van der Waals surface area contributed by atoms with Crippen LogP contribution in [0.1, 0.15) is 77.7 Å². The molecule has 4 heterocycles. The number of carbonyl (C=O) groups excluding carboxylic acids is 2. The molecule has 2 N–H and O–H groups in total. The number of aromatic nitrogens is 4. The van der Waals surface area contributed by atoms with Crippen LogP contribution >= 0.6 is 0 Å². The molecule has 3 aromatic rings. The second-order valence-electron chi connectivity index (χ2n) is 10.4. The number of aryl methyl sites for hydroxylation is 1. The van der Waals surface area contributed by atoms with Gasteiger partial charge in [0.2, 0.25) is 5.89 Å². The third-order valence-electron chi connectivity index (χ3n) is 8.04. The van der Waals surface area contributed by atoms with Crippen molar-refractivity contribution < 1.29 is 18.7 Å². The molecule has 2 unspecified atom stereocenters. The Labute approximate surface area is 215 Å². The van der Waals surface area contributed by atoms with Crippen LogP contribution in [0.25, 0.3) is 11.5 Å². The van der Waals surface area contributed by atoms with Gasteiger partial charge in [-0.25, -0.2) is 4.98 Å². The van der Waals surface area contributed by atoms with Gasteiger partial charge in [-0.15, -0.1) is 0 Å². The predicted molar refractivity (Wildman–Crippen MR) is 135 cm³/mol. The van der Waals surface area contributed by atoms with Gasteiger partial charge in [-0.2, -0.15) is 5.10 Å². The van der Waals surface area contributed by atoms with E-state index in [9.17, 15) is 9.59 Å². The van der Waals surface area contributed by atoms with E-state index < -0.39 is 5.91 Å². The average molecular weight is 505 g/mol. The topological polar surface area (TPSA) is 124 Å². The molecule has 1 saturated heterocycles.